The first-order valence-electron chi connectivity index (χ1n) is 8.17. The predicted octanol–water partition coefficient (Wildman–Crippen LogP) is 1.24. The quantitative estimate of drug-likeness (QED) is 0.678. The number of halogens is 1. The second kappa shape index (κ2) is 8.77. The Bertz CT molecular complexity index is 721. The van der Waals surface area contributed by atoms with Crippen molar-refractivity contribution in [2.45, 2.75) is 37.1 Å². The summed E-state index contributed by atoms with van der Waals surface area (Å²) in [6.45, 7) is 2.83. The van der Waals surface area contributed by atoms with Gasteiger partial charge in [0, 0.05) is 30.5 Å². The fraction of sp³-hybridized carbons (Fsp3) is 0.500. The van der Waals surface area contributed by atoms with Crippen LogP contribution in [0.15, 0.2) is 33.6 Å². The van der Waals surface area contributed by atoms with Crippen molar-refractivity contribution in [2.24, 2.45) is 0 Å². The lowest BCUT2D eigenvalue weighted by atomic mass is 10.1. The van der Waals surface area contributed by atoms with Gasteiger partial charge in [0.2, 0.25) is 21.8 Å². The van der Waals surface area contributed by atoms with Crippen LogP contribution in [0, 0.1) is 0 Å². The largest absolute Gasteiger partial charge is 0.353 e. The van der Waals surface area contributed by atoms with Crippen LogP contribution in [-0.4, -0.2) is 50.8 Å². The number of piperazine rings is 1. The number of amides is 2. The molecule has 0 aliphatic carbocycles. The van der Waals surface area contributed by atoms with Crippen LogP contribution in [-0.2, 0) is 19.6 Å². The molecule has 1 heterocycles. The fourth-order valence-corrected chi connectivity index (χ4v) is 4.00. The molecule has 1 aromatic carbocycles. The molecule has 25 heavy (non-hydrogen) atoms. The average molecular weight is 432 g/mol. The number of rotatable bonds is 7. The minimum absolute atomic E-state index is 0.00576. The van der Waals surface area contributed by atoms with Crippen LogP contribution in [0.25, 0.3) is 0 Å². The molecule has 9 heteroatoms. The predicted molar refractivity (Wildman–Crippen MR) is 97.4 cm³/mol. The lowest BCUT2D eigenvalue weighted by molar-refractivity contribution is -0.143. The average Bonchev–Trinajstić information content (AvgIpc) is 2.57. The number of nitrogens with zero attached hydrogens (tertiary/aromatic N) is 1. The Morgan fingerprint density at radius 3 is 2.68 bits per heavy atom. The van der Waals surface area contributed by atoms with Crippen LogP contribution in [0.1, 0.15) is 26.2 Å². The highest BCUT2D eigenvalue weighted by atomic mass is 79.9. The SMILES string of the molecule is CCC[C@@H]1C(=O)NCCN1C(=O)CCNS(=O)(=O)c1ccc(Br)cc1. The molecule has 2 rings (SSSR count). The maximum Gasteiger partial charge on any atom is 0.242 e. The summed E-state index contributed by atoms with van der Waals surface area (Å²) in [4.78, 5) is 26.0. The number of nitrogens with one attached hydrogen (secondary N) is 2. The zero-order valence-electron chi connectivity index (χ0n) is 14.0. The van der Waals surface area contributed by atoms with Gasteiger partial charge in [0.15, 0.2) is 0 Å². The lowest BCUT2D eigenvalue weighted by Gasteiger charge is -2.35. The summed E-state index contributed by atoms with van der Waals surface area (Å²) in [5.74, 6) is -0.358. The number of hydrogen-bond acceptors (Lipinski definition) is 4. The van der Waals surface area contributed by atoms with E-state index in [-0.39, 0.29) is 29.7 Å². The Labute approximate surface area is 156 Å². The van der Waals surface area contributed by atoms with Crippen LogP contribution < -0.4 is 10.0 Å². The third-order valence-electron chi connectivity index (χ3n) is 3.97. The highest BCUT2D eigenvalue weighted by molar-refractivity contribution is 9.10. The van der Waals surface area contributed by atoms with Crippen molar-refractivity contribution in [2.75, 3.05) is 19.6 Å². The van der Waals surface area contributed by atoms with E-state index in [0.29, 0.717) is 19.5 Å². The topological polar surface area (TPSA) is 95.6 Å². The van der Waals surface area contributed by atoms with Gasteiger partial charge in [-0.15, -0.1) is 0 Å². The number of sulfonamides is 1. The van der Waals surface area contributed by atoms with Gasteiger partial charge in [-0.05, 0) is 30.7 Å². The van der Waals surface area contributed by atoms with E-state index in [1.54, 1.807) is 17.0 Å². The summed E-state index contributed by atoms with van der Waals surface area (Å²) in [6.07, 6.45) is 1.41. The molecule has 2 N–H and O–H groups in total. The molecule has 0 unspecified atom stereocenters. The monoisotopic (exact) mass is 431 g/mol. The molecule has 0 saturated carbocycles. The summed E-state index contributed by atoms with van der Waals surface area (Å²) in [5, 5.41) is 2.76. The fourth-order valence-electron chi connectivity index (χ4n) is 2.71. The number of hydrogen-bond donors (Lipinski definition) is 2. The van der Waals surface area contributed by atoms with Crippen LogP contribution in [0.2, 0.25) is 0 Å². The standard InChI is InChI=1S/C16H22BrN3O4S/c1-2-3-14-16(22)18-10-11-20(14)15(21)8-9-19-25(23,24)13-6-4-12(17)5-7-13/h4-7,14,19H,2-3,8-11H2,1H3,(H,18,22)/t14-/m1/s1. The van der Waals surface area contributed by atoms with Crippen molar-refractivity contribution in [3.8, 4) is 0 Å². The van der Waals surface area contributed by atoms with Gasteiger partial charge in [0.05, 0.1) is 4.90 Å². The molecule has 0 radical (unpaired) electrons. The normalized spacial score (nSPS) is 18.1. The van der Waals surface area contributed by atoms with Crippen molar-refractivity contribution >= 4 is 37.8 Å². The van der Waals surface area contributed by atoms with E-state index >= 15 is 0 Å². The molecule has 1 aliphatic heterocycles. The Morgan fingerprint density at radius 2 is 2.04 bits per heavy atom. The molecule has 1 fully saturated rings. The second-order valence-electron chi connectivity index (χ2n) is 5.78. The summed E-state index contributed by atoms with van der Waals surface area (Å²) < 4.78 is 27.6. The third-order valence-corrected chi connectivity index (χ3v) is 5.97. The van der Waals surface area contributed by atoms with Gasteiger partial charge in [-0.25, -0.2) is 13.1 Å². The van der Waals surface area contributed by atoms with E-state index in [4.69, 9.17) is 0 Å². The van der Waals surface area contributed by atoms with Gasteiger partial charge in [-0.1, -0.05) is 29.3 Å². The molecule has 1 aliphatic rings. The van der Waals surface area contributed by atoms with Crippen molar-refractivity contribution in [1.82, 2.24) is 14.9 Å². The molecule has 7 nitrogen and oxygen atoms in total. The Kier molecular flexibility index (Phi) is 6.97. The van der Waals surface area contributed by atoms with Crippen LogP contribution in [0.5, 0.6) is 0 Å². The second-order valence-corrected chi connectivity index (χ2v) is 8.47. The Hall–Kier alpha value is -1.45. The lowest BCUT2D eigenvalue weighted by Crippen LogP contribution is -2.57. The van der Waals surface area contributed by atoms with Gasteiger partial charge >= 0.3 is 0 Å². The highest BCUT2D eigenvalue weighted by Gasteiger charge is 2.31. The highest BCUT2D eigenvalue weighted by Crippen LogP contribution is 2.15. The minimum Gasteiger partial charge on any atom is -0.353 e. The van der Waals surface area contributed by atoms with Gasteiger partial charge in [-0.3, -0.25) is 9.59 Å². The first-order valence-corrected chi connectivity index (χ1v) is 10.4. The van der Waals surface area contributed by atoms with Gasteiger partial charge in [0.25, 0.3) is 0 Å². The zero-order valence-corrected chi connectivity index (χ0v) is 16.4. The molecule has 0 aromatic heterocycles. The molecule has 1 aromatic rings. The third kappa shape index (κ3) is 5.26. The molecular weight excluding hydrogens is 410 g/mol. The summed E-state index contributed by atoms with van der Waals surface area (Å²) in [6, 6.07) is 5.79. The number of carbonyl (C=O) groups is 2. The first kappa shape index (κ1) is 19.9. The molecule has 0 spiro atoms. The maximum absolute atomic E-state index is 12.4. The van der Waals surface area contributed by atoms with E-state index < -0.39 is 16.1 Å². The van der Waals surface area contributed by atoms with Crippen LogP contribution in [0.3, 0.4) is 0 Å². The van der Waals surface area contributed by atoms with Crippen molar-refractivity contribution in [3.05, 3.63) is 28.7 Å². The maximum atomic E-state index is 12.4. The van der Waals surface area contributed by atoms with Gasteiger partial charge in [0.1, 0.15) is 6.04 Å². The summed E-state index contributed by atoms with van der Waals surface area (Å²) in [5.41, 5.74) is 0. The minimum atomic E-state index is -3.66. The van der Waals surface area contributed by atoms with Crippen LogP contribution in [0.4, 0.5) is 0 Å². The van der Waals surface area contributed by atoms with Gasteiger partial charge in [-0.2, -0.15) is 0 Å². The zero-order chi connectivity index (χ0) is 18.4. The Balaban J connectivity index is 1.92. The smallest absolute Gasteiger partial charge is 0.242 e. The van der Waals surface area contributed by atoms with Crippen LogP contribution >= 0.6 is 15.9 Å². The van der Waals surface area contributed by atoms with E-state index in [2.05, 4.69) is 26.0 Å². The molecule has 138 valence electrons. The number of carbonyl (C=O) groups excluding carboxylic acids is 2. The molecule has 0 bridgehead atoms. The first-order chi connectivity index (χ1) is 11.8. The molecule has 2 amide bonds. The van der Waals surface area contributed by atoms with E-state index in [1.807, 2.05) is 6.92 Å². The van der Waals surface area contributed by atoms with Gasteiger partial charge < -0.3 is 10.2 Å². The summed E-state index contributed by atoms with van der Waals surface area (Å²) >= 11 is 3.25. The van der Waals surface area contributed by atoms with E-state index in [9.17, 15) is 18.0 Å². The van der Waals surface area contributed by atoms with E-state index in [1.165, 1.54) is 12.1 Å². The molecular formula is C16H22BrN3O4S. The number of benzene rings is 1. The van der Waals surface area contributed by atoms with Crippen molar-refractivity contribution in [1.29, 1.82) is 0 Å². The van der Waals surface area contributed by atoms with Crippen molar-refractivity contribution in [3.63, 3.8) is 0 Å². The van der Waals surface area contributed by atoms with E-state index in [0.717, 1.165) is 10.9 Å². The Morgan fingerprint density at radius 1 is 1.36 bits per heavy atom. The molecule has 1 atom stereocenters. The van der Waals surface area contributed by atoms with Crippen molar-refractivity contribution < 1.29 is 18.0 Å². The molecule has 1 saturated heterocycles. The summed E-state index contributed by atoms with van der Waals surface area (Å²) in [7, 11) is -3.66.